The molecule has 1 unspecified atom stereocenters. The molecule has 0 bridgehead atoms. The second-order valence-corrected chi connectivity index (χ2v) is 5.16. The summed E-state index contributed by atoms with van der Waals surface area (Å²) < 4.78 is 0. The van der Waals surface area contributed by atoms with Crippen molar-refractivity contribution in [2.45, 2.75) is 32.7 Å². The van der Waals surface area contributed by atoms with Gasteiger partial charge in [-0.15, -0.1) is 0 Å². The van der Waals surface area contributed by atoms with Crippen molar-refractivity contribution in [3.05, 3.63) is 29.6 Å². The molecule has 0 radical (unpaired) electrons. The molecule has 98 valence electrons. The number of nitrogens with zero attached hydrogens (tertiary/aromatic N) is 2. The molecule has 0 saturated carbocycles. The number of pyridine rings is 1. The fourth-order valence-electron chi connectivity index (χ4n) is 2.49. The van der Waals surface area contributed by atoms with E-state index in [9.17, 15) is 4.79 Å². The summed E-state index contributed by atoms with van der Waals surface area (Å²) >= 11 is 0. The van der Waals surface area contributed by atoms with Gasteiger partial charge in [-0.3, -0.25) is 9.78 Å². The van der Waals surface area contributed by atoms with Gasteiger partial charge in [0.05, 0.1) is 0 Å². The predicted molar refractivity (Wildman–Crippen MR) is 71.3 cm³/mol. The summed E-state index contributed by atoms with van der Waals surface area (Å²) in [6.07, 6.45) is 3.67. The van der Waals surface area contributed by atoms with Gasteiger partial charge < -0.3 is 10.6 Å². The lowest BCUT2D eigenvalue weighted by molar-refractivity contribution is 0.0674. The monoisotopic (exact) mass is 247 g/mol. The van der Waals surface area contributed by atoms with Gasteiger partial charge in [-0.25, -0.2) is 0 Å². The Hall–Kier alpha value is -1.42. The summed E-state index contributed by atoms with van der Waals surface area (Å²) in [4.78, 5) is 18.4. The van der Waals surface area contributed by atoms with Crippen molar-refractivity contribution in [3.8, 4) is 0 Å². The molecule has 18 heavy (non-hydrogen) atoms. The van der Waals surface area contributed by atoms with Gasteiger partial charge in [-0.1, -0.05) is 6.07 Å². The van der Waals surface area contributed by atoms with E-state index < -0.39 is 0 Å². The highest BCUT2D eigenvalue weighted by molar-refractivity contribution is 5.93. The zero-order valence-corrected chi connectivity index (χ0v) is 11.1. The van der Waals surface area contributed by atoms with Crippen molar-refractivity contribution < 1.29 is 4.79 Å². The first kappa shape index (κ1) is 13.0. The Morgan fingerprint density at radius 1 is 1.50 bits per heavy atom. The second-order valence-electron chi connectivity index (χ2n) is 5.16. The van der Waals surface area contributed by atoms with E-state index in [2.05, 4.69) is 4.98 Å². The van der Waals surface area contributed by atoms with Crippen LogP contribution in [0.25, 0.3) is 0 Å². The van der Waals surface area contributed by atoms with Crippen molar-refractivity contribution in [3.63, 3.8) is 0 Å². The van der Waals surface area contributed by atoms with E-state index in [1.165, 1.54) is 0 Å². The normalized spacial score (nSPS) is 18.7. The molecule has 1 atom stereocenters. The molecule has 2 N–H and O–H groups in total. The molecule has 1 aliphatic heterocycles. The van der Waals surface area contributed by atoms with Gasteiger partial charge in [-0.2, -0.15) is 0 Å². The van der Waals surface area contributed by atoms with Crippen molar-refractivity contribution in [2.24, 2.45) is 11.7 Å². The van der Waals surface area contributed by atoms with E-state index in [0.29, 0.717) is 11.6 Å². The van der Waals surface area contributed by atoms with Gasteiger partial charge >= 0.3 is 0 Å². The van der Waals surface area contributed by atoms with E-state index in [-0.39, 0.29) is 11.9 Å². The maximum absolute atomic E-state index is 12.3. The number of hydrogen-bond donors (Lipinski definition) is 1. The molecule has 2 rings (SSSR count). The molecule has 1 amide bonds. The highest BCUT2D eigenvalue weighted by atomic mass is 16.2. The zero-order valence-electron chi connectivity index (χ0n) is 11.1. The molecule has 1 aliphatic rings. The third-order valence-electron chi connectivity index (χ3n) is 3.78. The smallest absolute Gasteiger partial charge is 0.272 e. The highest BCUT2D eigenvalue weighted by Gasteiger charge is 2.26. The van der Waals surface area contributed by atoms with Crippen LogP contribution in [0.4, 0.5) is 0 Å². The van der Waals surface area contributed by atoms with Crippen LogP contribution in [0, 0.1) is 12.8 Å². The number of aromatic nitrogens is 1. The Labute approximate surface area is 108 Å². The molecule has 1 aromatic heterocycles. The van der Waals surface area contributed by atoms with Crippen molar-refractivity contribution in [1.82, 2.24) is 9.88 Å². The molecule has 4 heteroatoms. The molecular weight excluding hydrogens is 226 g/mol. The lowest BCUT2D eigenvalue weighted by atomic mass is 9.91. The van der Waals surface area contributed by atoms with E-state index in [1.807, 2.05) is 30.9 Å². The van der Waals surface area contributed by atoms with Crippen LogP contribution in [0.2, 0.25) is 0 Å². The summed E-state index contributed by atoms with van der Waals surface area (Å²) in [6.45, 7) is 5.56. The van der Waals surface area contributed by atoms with Crippen LogP contribution >= 0.6 is 0 Å². The summed E-state index contributed by atoms with van der Waals surface area (Å²) in [5.74, 6) is 0.593. The van der Waals surface area contributed by atoms with Crippen LogP contribution in [0.5, 0.6) is 0 Å². The Bertz CT molecular complexity index is 423. The molecule has 1 saturated heterocycles. The topological polar surface area (TPSA) is 59.2 Å². The number of carbonyl (C=O) groups is 1. The molecule has 0 spiro atoms. The zero-order chi connectivity index (χ0) is 13.1. The van der Waals surface area contributed by atoms with Crippen LogP contribution in [-0.2, 0) is 0 Å². The first-order valence-corrected chi connectivity index (χ1v) is 6.56. The van der Waals surface area contributed by atoms with E-state index in [4.69, 9.17) is 5.73 Å². The highest BCUT2D eigenvalue weighted by Crippen LogP contribution is 2.21. The number of amides is 1. The van der Waals surface area contributed by atoms with Gasteiger partial charge in [0.25, 0.3) is 5.91 Å². The van der Waals surface area contributed by atoms with Crippen LogP contribution in [0.3, 0.4) is 0 Å². The summed E-state index contributed by atoms with van der Waals surface area (Å²) in [5, 5.41) is 0. The van der Waals surface area contributed by atoms with Gasteiger partial charge in [-0.05, 0) is 44.2 Å². The minimum absolute atomic E-state index is 0.0521. The van der Waals surface area contributed by atoms with Crippen molar-refractivity contribution in [1.29, 1.82) is 0 Å². The average molecular weight is 247 g/mol. The third kappa shape index (κ3) is 2.70. The fourth-order valence-corrected chi connectivity index (χ4v) is 2.49. The fraction of sp³-hybridized carbons (Fsp3) is 0.571. The number of piperidine rings is 1. The number of likely N-dealkylation sites (tertiary alicyclic amines) is 1. The maximum atomic E-state index is 12.3. The maximum Gasteiger partial charge on any atom is 0.272 e. The van der Waals surface area contributed by atoms with Crippen molar-refractivity contribution >= 4 is 5.91 Å². The number of aryl methyl sites for hydroxylation is 1. The standard InChI is InChI=1S/C14H21N3O/c1-10-4-3-7-16-13(10)14(18)17-8-5-12(6-9-17)11(2)15/h3-4,7,11-12H,5-6,8-9,15H2,1-2H3. The Morgan fingerprint density at radius 2 is 2.17 bits per heavy atom. The van der Waals surface area contributed by atoms with Crippen LogP contribution in [0.15, 0.2) is 18.3 Å². The van der Waals surface area contributed by atoms with E-state index >= 15 is 0 Å². The van der Waals surface area contributed by atoms with Gasteiger partial charge in [0.2, 0.25) is 0 Å². The van der Waals surface area contributed by atoms with Gasteiger partial charge in [0.15, 0.2) is 0 Å². The lowest BCUT2D eigenvalue weighted by Crippen LogP contribution is -2.42. The van der Waals surface area contributed by atoms with E-state index in [1.54, 1.807) is 6.20 Å². The minimum atomic E-state index is 0.0521. The quantitative estimate of drug-likeness (QED) is 0.863. The minimum Gasteiger partial charge on any atom is -0.337 e. The molecule has 4 nitrogen and oxygen atoms in total. The summed E-state index contributed by atoms with van der Waals surface area (Å²) in [6, 6.07) is 4.00. The Morgan fingerprint density at radius 3 is 2.72 bits per heavy atom. The molecule has 0 aromatic carbocycles. The number of carbonyl (C=O) groups excluding carboxylic acids is 1. The largest absolute Gasteiger partial charge is 0.337 e. The predicted octanol–water partition coefficient (Wildman–Crippen LogP) is 1.59. The van der Waals surface area contributed by atoms with Gasteiger partial charge in [0.1, 0.15) is 5.69 Å². The number of hydrogen-bond acceptors (Lipinski definition) is 3. The Kier molecular flexibility index (Phi) is 3.97. The van der Waals surface area contributed by atoms with Crippen LogP contribution in [0.1, 0.15) is 35.8 Å². The lowest BCUT2D eigenvalue weighted by Gasteiger charge is -2.33. The summed E-state index contributed by atoms with van der Waals surface area (Å²) in [5.41, 5.74) is 7.43. The summed E-state index contributed by atoms with van der Waals surface area (Å²) in [7, 11) is 0. The number of nitrogens with two attached hydrogens (primary N) is 1. The first-order chi connectivity index (χ1) is 8.59. The molecule has 1 fully saturated rings. The first-order valence-electron chi connectivity index (χ1n) is 6.56. The average Bonchev–Trinajstić information content (AvgIpc) is 2.38. The van der Waals surface area contributed by atoms with Crippen LogP contribution < -0.4 is 5.73 Å². The van der Waals surface area contributed by atoms with Crippen molar-refractivity contribution in [2.75, 3.05) is 13.1 Å². The molecular formula is C14H21N3O. The second kappa shape index (κ2) is 5.48. The molecule has 1 aromatic rings. The van der Waals surface area contributed by atoms with Gasteiger partial charge in [0, 0.05) is 25.3 Å². The molecule has 0 aliphatic carbocycles. The SMILES string of the molecule is Cc1cccnc1C(=O)N1CCC(C(C)N)CC1. The van der Waals surface area contributed by atoms with Crippen LogP contribution in [-0.4, -0.2) is 34.9 Å². The molecule has 2 heterocycles. The van der Waals surface area contributed by atoms with E-state index in [0.717, 1.165) is 31.5 Å². The third-order valence-corrected chi connectivity index (χ3v) is 3.78. The number of rotatable bonds is 2. The Balaban J connectivity index is 2.02.